The van der Waals surface area contributed by atoms with Crippen molar-refractivity contribution in [2.24, 2.45) is 0 Å². The van der Waals surface area contributed by atoms with E-state index in [4.69, 9.17) is 0 Å². The maximum absolute atomic E-state index is 3.93. The van der Waals surface area contributed by atoms with E-state index in [2.05, 4.69) is 36.2 Å². The molecule has 1 radical (unpaired) electrons. The third kappa shape index (κ3) is 1.29. The minimum atomic E-state index is 1.01. The summed E-state index contributed by atoms with van der Waals surface area (Å²) in [6.07, 6.45) is 1.15. The second-order valence-corrected chi connectivity index (χ2v) is 3.07. The lowest BCUT2D eigenvalue weighted by atomic mass is 10.0. The normalized spacial score (nSPS) is 17.9. The number of fused-ring (bicyclic) bond motifs is 1. The van der Waals surface area contributed by atoms with Crippen molar-refractivity contribution in [1.82, 2.24) is 4.90 Å². The van der Waals surface area contributed by atoms with E-state index in [1.165, 1.54) is 11.1 Å². The molecule has 0 atom stereocenters. The van der Waals surface area contributed by atoms with Gasteiger partial charge in [0.1, 0.15) is 0 Å². The molecule has 0 aliphatic carbocycles. The van der Waals surface area contributed by atoms with E-state index in [0.717, 1.165) is 19.5 Å². The summed E-state index contributed by atoms with van der Waals surface area (Å²) in [5, 5.41) is 0. The summed E-state index contributed by atoms with van der Waals surface area (Å²) in [5.74, 6) is 0. The summed E-state index contributed by atoms with van der Waals surface area (Å²) in [6.45, 7) is 2.10. The highest BCUT2D eigenvalue weighted by Gasteiger charge is 2.10. The molecule has 2 rings (SSSR count). The van der Waals surface area contributed by atoms with Crippen LogP contribution in [-0.4, -0.2) is 11.4 Å². The standard InChI is InChI=1S/C10H12N/c1-11-7-6-9-4-2-3-5-10(9)8-11/h2-5H,1,6-8H2. The van der Waals surface area contributed by atoms with E-state index < -0.39 is 0 Å². The van der Waals surface area contributed by atoms with Gasteiger partial charge >= 0.3 is 0 Å². The molecule has 0 saturated carbocycles. The van der Waals surface area contributed by atoms with Gasteiger partial charge in [-0.3, -0.25) is 4.90 Å². The van der Waals surface area contributed by atoms with E-state index in [1.54, 1.807) is 0 Å². The van der Waals surface area contributed by atoms with Gasteiger partial charge in [-0.1, -0.05) is 24.3 Å². The molecule has 0 fully saturated rings. The van der Waals surface area contributed by atoms with Gasteiger partial charge in [0.05, 0.1) is 0 Å². The van der Waals surface area contributed by atoms with Crippen molar-refractivity contribution in [3.8, 4) is 0 Å². The maximum atomic E-state index is 3.93. The summed E-state index contributed by atoms with van der Waals surface area (Å²) in [4.78, 5) is 2.11. The third-order valence-electron chi connectivity index (χ3n) is 2.21. The minimum absolute atomic E-state index is 1.01. The van der Waals surface area contributed by atoms with Crippen LogP contribution in [0.15, 0.2) is 24.3 Å². The van der Waals surface area contributed by atoms with Crippen molar-refractivity contribution in [2.75, 3.05) is 6.54 Å². The Hall–Kier alpha value is -0.820. The number of nitrogens with zero attached hydrogens (tertiary/aromatic N) is 1. The van der Waals surface area contributed by atoms with Gasteiger partial charge in [0.25, 0.3) is 0 Å². The first-order valence-corrected chi connectivity index (χ1v) is 3.98. The Kier molecular flexibility index (Phi) is 1.66. The zero-order chi connectivity index (χ0) is 7.68. The second kappa shape index (κ2) is 2.67. The van der Waals surface area contributed by atoms with Crippen molar-refractivity contribution in [3.05, 3.63) is 42.4 Å². The van der Waals surface area contributed by atoms with E-state index in [0.29, 0.717) is 0 Å². The molecular weight excluding hydrogens is 134 g/mol. The van der Waals surface area contributed by atoms with Gasteiger partial charge in [-0.2, -0.15) is 0 Å². The molecule has 1 aromatic carbocycles. The molecule has 0 saturated heterocycles. The predicted molar refractivity (Wildman–Crippen MR) is 45.9 cm³/mol. The van der Waals surface area contributed by atoms with Gasteiger partial charge < -0.3 is 0 Å². The van der Waals surface area contributed by atoms with Gasteiger partial charge in [-0.05, 0) is 17.5 Å². The number of hydrogen-bond acceptors (Lipinski definition) is 1. The van der Waals surface area contributed by atoms with Crippen LogP contribution in [0.4, 0.5) is 0 Å². The Labute approximate surface area is 67.6 Å². The summed E-state index contributed by atoms with van der Waals surface area (Å²) in [5.41, 5.74) is 2.93. The van der Waals surface area contributed by atoms with Crippen LogP contribution in [-0.2, 0) is 13.0 Å². The van der Waals surface area contributed by atoms with Gasteiger partial charge in [-0.15, -0.1) is 0 Å². The lowest BCUT2D eigenvalue weighted by molar-refractivity contribution is 0.347. The highest BCUT2D eigenvalue weighted by Crippen LogP contribution is 2.16. The lowest BCUT2D eigenvalue weighted by Crippen LogP contribution is -2.24. The Morgan fingerprint density at radius 2 is 1.91 bits per heavy atom. The quantitative estimate of drug-likeness (QED) is 0.539. The van der Waals surface area contributed by atoms with Gasteiger partial charge in [0.15, 0.2) is 0 Å². The first kappa shape index (κ1) is 6.86. The molecule has 0 spiro atoms. The lowest BCUT2D eigenvalue weighted by Gasteiger charge is -2.24. The molecular formula is C10H12N. The first-order valence-electron chi connectivity index (χ1n) is 3.98. The molecule has 1 heteroatoms. The highest BCUT2D eigenvalue weighted by atomic mass is 15.1. The van der Waals surface area contributed by atoms with Crippen LogP contribution < -0.4 is 0 Å². The molecule has 0 bridgehead atoms. The second-order valence-electron chi connectivity index (χ2n) is 3.07. The number of hydrogen-bond donors (Lipinski definition) is 0. The van der Waals surface area contributed by atoms with Crippen LogP contribution in [0.5, 0.6) is 0 Å². The smallest absolute Gasteiger partial charge is 0.0237 e. The van der Waals surface area contributed by atoms with Gasteiger partial charge in [0, 0.05) is 20.1 Å². The molecule has 1 aromatic rings. The van der Waals surface area contributed by atoms with Crippen LogP contribution in [0.1, 0.15) is 11.1 Å². The van der Waals surface area contributed by atoms with Crippen LogP contribution in [0.3, 0.4) is 0 Å². The SMILES string of the molecule is [CH2]N1CCc2ccccc2C1. The fraction of sp³-hybridized carbons (Fsp3) is 0.300. The average molecular weight is 146 g/mol. The van der Waals surface area contributed by atoms with E-state index in [-0.39, 0.29) is 0 Å². The van der Waals surface area contributed by atoms with Gasteiger partial charge in [-0.25, -0.2) is 0 Å². The van der Waals surface area contributed by atoms with Crippen LogP contribution in [0.2, 0.25) is 0 Å². The first-order chi connectivity index (χ1) is 5.36. The van der Waals surface area contributed by atoms with Crippen molar-refractivity contribution >= 4 is 0 Å². The molecule has 1 nitrogen and oxygen atoms in total. The zero-order valence-corrected chi connectivity index (χ0v) is 6.59. The molecule has 0 N–H and O–H groups in total. The highest BCUT2D eigenvalue weighted by molar-refractivity contribution is 5.28. The molecule has 11 heavy (non-hydrogen) atoms. The molecule has 1 aliphatic heterocycles. The van der Waals surface area contributed by atoms with E-state index in [9.17, 15) is 0 Å². The topological polar surface area (TPSA) is 3.24 Å². The Morgan fingerprint density at radius 3 is 2.73 bits per heavy atom. The van der Waals surface area contributed by atoms with Crippen LogP contribution in [0.25, 0.3) is 0 Å². The minimum Gasteiger partial charge on any atom is -0.297 e. The molecule has 57 valence electrons. The monoisotopic (exact) mass is 146 g/mol. The van der Waals surface area contributed by atoms with E-state index in [1.807, 2.05) is 0 Å². The fourth-order valence-electron chi connectivity index (χ4n) is 1.55. The Morgan fingerprint density at radius 1 is 1.18 bits per heavy atom. The van der Waals surface area contributed by atoms with Crippen molar-refractivity contribution in [2.45, 2.75) is 13.0 Å². The molecule has 1 heterocycles. The summed E-state index contributed by atoms with van der Waals surface area (Å²) >= 11 is 0. The zero-order valence-electron chi connectivity index (χ0n) is 6.59. The van der Waals surface area contributed by atoms with Gasteiger partial charge in [0.2, 0.25) is 0 Å². The largest absolute Gasteiger partial charge is 0.297 e. The van der Waals surface area contributed by atoms with Crippen molar-refractivity contribution in [3.63, 3.8) is 0 Å². The Balaban J connectivity index is 2.34. The summed E-state index contributed by atoms with van der Waals surface area (Å²) in [7, 11) is 3.93. The van der Waals surface area contributed by atoms with Crippen LogP contribution in [0, 0.1) is 7.05 Å². The maximum Gasteiger partial charge on any atom is 0.0237 e. The van der Waals surface area contributed by atoms with E-state index >= 15 is 0 Å². The van der Waals surface area contributed by atoms with Crippen molar-refractivity contribution < 1.29 is 0 Å². The summed E-state index contributed by atoms with van der Waals surface area (Å²) in [6, 6.07) is 8.60. The molecule has 0 unspecified atom stereocenters. The number of benzene rings is 1. The van der Waals surface area contributed by atoms with Crippen LogP contribution >= 0.6 is 0 Å². The molecule has 0 aromatic heterocycles. The fourth-order valence-corrected chi connectivity index (χ4v) is 1.55. The average Bonchev–Trinajstić information content (AvgIpc) is 2.04. The number of rotatable bonds is 0. The predicted octanol–water partition coefficient (Wildman–Crippen LogP) is 1.84. The molecule has 0 amide bonds. The third-order valence-corrected chi connectivity index (χ3v) is 2.21. The van der Waals surface area contributed by atoms with Crippen molar-refractivity contribution in [1.29, 1.82) is 0 Å². The molecule has 1 aliphatic rings. The summed E-state index contributed by atoms with van der Waals surface area (Å²) < 4.78 is 0. The Bertz CT molecular complexity index is 255.